The van der Waals surface area contributed by atoms with Crippen LogP contribution in [0.25, 0.3) is 0 Å². The van der Waals surface area contributed by atoms with E-state index in [1.807, 2.05) is 0 Å². The molecule has 0 heterocycles. The number of rotatable bonds is 6. The molecule has 0 N–H and O–H groups in total. The monoisotopic (exact) mass is 477 g/mol. The lowest BCUT2D eigenvalue weighted by molar-refractivity contribution is 0.207. The SMILES string of the molecule is CN([C@@H](c1ccccc1P(C1CCCCC1)C1CCCCC1)C(C)(C)C)S(=O)C(C)(C)C. The van der Waals surface area contributed by atoms with Crippen LogP contribution in [-0.4, -0.2) is 31.6 Å². The predicted molar refractivity (Wildman–Crippen MR) is 145 cm³/mol. The quantitative estimate of drug-likeness (QED) is 0.381. The van der Waals surface area contributed by atoms with Crippen LogP contribution in [0.15, 0.2) is 24.3 Å². The molecule has 0 radical (unpaired) electrons. The Morgan fingerprint density at radius 1 is 0.844 bits per heavy atom. The molecule has 1 aromatic rings. The molecule has 0 amide bonds. The van der Waals surface area contributed by atoms with Gasteiger partial charge >= 0.3 is 0 Å². The lowest BCUT2D eigenvalue weighted by Crippen LogP contribution is -2.43. The molecule has 1 unspecified atom stereocenters. The van der Waals surface area contributed by atoms with E-state index in [0.717, 1.165) is 11.3 Å². The fraction of sp³-hybridized carbons (Fsp3) is 0.786. The van der Waals surface area contributed by atoms with Gasteiger partial charge in [0.05, 0.1) is 10.8 Å². The highest BCUT2D eigenvalue weighted by Crippen LogP contribution is 2.56. The van der Waals surface area contributed by atoms with Crippen molar-refractivity contribution in [3.05, 3.63) is 29.8 Å². The predicted octanol–water partition coefficient (Wildman–Crippen LogP) is 7.94. The summed E-state index contributed by atoms with van der Waals surface area (Å²) in [6, 6.07) is 9.50. The Kier molecular flexibility index (Phi) is 9.07. The first kappa shape index (κ1) is 26.4. The van der Waals surface area contributed by atoms with Gasteiger partial charge in [-0.25, -0.2) is 8.51 Å². The lowest BCUT2D eigenvalue weighted by atomic mass is 9.82. The molecule has 4 heteroatoms. The molecular formula is C28H48NOPS. The second kappa shape index (κ2) is 11.0. The first-order chi connectivity index (χ1) is 15.0. The summed E-state index contributed by atoms with van der Waals surface area (Å²) in [5.41, 5.74) is 3.22. The van der Waals surface area contributed by atoms with Gasteiger partial charge in [0.1, 0.15) is 11.0 Å². The molecular weight excluding hydrogens is 429 g/mol. The summed E-state index contributed by atoms with van der Waals surface area (Å²) >= 11 is 0. The van der Waals surface area contributed by atoms with Crippen molar-refractivity contribution in [3.63, 3.8) is 0 Å². The summed E-state index contributed by atoms with van der Waals surface area (Å²) < 4.78 is 15.5. The Bertz CT molecular complexity index is 735. The average molecular weight is 478 g/mol. The second-order valence-corrected chi connectivity index (χ2v) is 17.3. The van der Waals surface area contributed by atoms with E-state index >= 15 is 0 Å². The van der Waals surface area contributed by atoms with Crippen molar-refractivity contribution in [2.24, 2.45) is 5.41 Å². The van der Waals surface area contributed by atoms with E-state index in [1.165, 1.54) is 69.8 Å². The summed E-state index contributed by atoms with van der Waals surface area (Å²) in [7, 11) is 0.855. The Morgan fingerprint density at radius 2 is 1.31 bits per heavy atom. The third-order valence-corrected chi connectivity index (χ3v) is 12.8. The molecule has 3 rings (SSSR count). The first-order valence-electron chi connectivity index (χ1n) is 13.0. The Labute approximate surface area is 202 Å². The van der Waals surface area contributed by atoms with Crippen molar-refractivity contribution >= 4 is 24.2 Å². The van der Waals surface area contributed by atoms with Gasteiger partial charge in [-0.3, -0.25) is 0 Å². The van der Waals surface area contributed by atoms with Crippen LogP contribution < -0.4 is 5.30 Å². The number of hydrogen-bond acceptors (Lipinski definition) is 1. The average Bonchev–Trinajstić information content (AvgIpc) is 2.74. The number of hydrogen-bond donors (Lipinski definition) is 0. The van der Waals surface area contributed by atoms with Crippen molar-refractivity contribution in [2.45, 2.75) is 128 Å². The highest BCUT2D eigenvalue weighted by Gasteiger charge is 2.40. The summed E-state index contributed by atoms with van der Waals surface area (Å²) in [6.45, 7) is 13.3. The third-order valence-electron chi connectivity index (χ3n) is 7.42. The zero-order valence-electron chi connectivity index (χ0n) is 21.8. The molecule has 2 aliphatic rings. The molecule has 2 nitrogen and oxygen atoms in total. The van der Waals surface area contributed by atoms with Gasteiger partial charge in [0, 0.05) is 7.05 Å². The van der Waals surface area contributed by atoms with Crippen LogP contribution in [0.5, 0.6) is 0 Å². The summed E-state index contributed by atoms with van der Waals surface area (Å²) in [5, 5.41) is 1.64. The summed E-state index contributed by atoms with van der Waals surface area (Å²) in [4.78, 5) is 0. The smallest absolute Gasteiger partial charge is 0.100 e. The van der Waals surface area contributed by atoms with E-state index in [2.05, 4.69) is 77.2 Å². The van der Waals surface area contributed by atoms with Crippen molar-refractivity contribution in [1.82, 2.24) is 4.31 Å². The number of benzene rings is 1. The van der Waals surface area contributed by atoms with Gasteiger partial charge in [-0.1, -0.05) is 91.5 Å². The lowest BCUT2D eigenvalue weighted by Gasteiger charge is -2.44. The third kappa shape index (κ3) is 6.25. The molecule has 182 valence electrons. The van der Waals surface area contributed by atoms with Crippen LogP contribution in [0.2, 0.25) is 0 Å². The molecule has 0 bridgehead atoms. The summed E-state index contributed by atoms with van der Waals surface area (Å²) in [6.07, 6.45) is 14.2. The molecule has 0 spiro atoms. The molecule has 2 atom stereocenters. The molecule has 0 aromatic heterocycles. The Hall–Kier alpha value is -0.240. The van der Waals surface area contributed by atoms with Crippen molar-refractivity contribution in [3.8, 4) is 0 Å². The van der Waals surface area contributed by atoms with Crippen LogP contribution in [0.4, 0.5) is 0 Å². The standard InChI is InChI=1S/C28H48NOPS/c1-27(2,3)26(29(7)32(30)28(4,5)6)24-20-14-15-21-25(24)31(22-16-10-8-11-17-22)23-18-12-9-13-19-23/h14-15,20-23,26H,8-13,16-19H2,1-7H3/t26-,32?/m0/s1. The van der Waals surface area contributed by atoms with Crippen LogP contribution in [0, 0.1) is 5.41 Å². The van der Waals surface area contributed by atoms with E-state index in [-0.39, 0.29) is 24.1 Å². The van der Waals surface area contributed by atoms with Gasteiger partial charge in [0.15, 0.2) is 0 Å². The van der Waals surface area contributed by atoms with E-state index < -0.39 is 11.0 Å². The van der Waals surface area contributed by atoms with E-state index in [4.69, 9.17) is 0 Å². The van der Waals surface area contributed by atoms with Gasteiger partial charge in [-0.15, -0.1) is 0 Å². The molecule has 0 aliphatic heterocycles. The molecule has 0 saturated heterocycles. The topological polar surface area (TPSA) is 20.3 Å². The molecule has 2 fully saturated rings. The van der Waals surface area contributed by atoms with Crippen LogP contribution in [0.3, 0.4) is 0 Å². The Morgan fingerprint density at radius 3 is 1.75 bits per heavy atom. The minimum absolute atomic E-state index is 0.00585. The minimum Gasteiger partial charge on any atom is -0.242 e. The largest absolute Gasteiger partial charge is 0.242 e. The van der Waals surface area contributed by atoms with Gasteiger partial charge in [0.25, 0.3) is 0 Å². The highest BCUT2D eigenvalue weighted by atomic mass is 32.2. The van der Waals surface area contributed by atoms with E-state index in [1.54, 1.807) is 5.30 Å². The maximum Gasteiger partial charge on any atom is 0.100 e. The molecule has 2 aliphatic carbocycles. The molecule has 1 aromatic carbocycles. The zero-order valence-corrected chi connectivity index (χ0v) is 23.5. The maximum absolute atomic E-state index is 13.6. The zero-order chi connectivity index (χ0) is 23.5. The Balaban J connectivity index is 2.09. The molecule has 32 heavy (non-hydrogen) atoms. The van der Waals surface area contributed by atoms with Crippen molar-refractivity contribution in [1.29, 1.82) is 0 Å². The first-order valence-corrected chi connectivity index (χ1v) is 15.6. The fourth-order valence-electron chi connectivity index (χ4n) is 6.10. The fourth-order valence-corrected chi connectivity index (χ4v) is 11.6. The maximum atomic E-state index is 13.6. The summed E-state index contributed by atoms with van der Waals surface area (Å²) in [5.74, 6) is 0. The van der Waals surface area contributed by atoms with E-state index in [0.29, 0.717) is 0 Å². The minimum atomic E-state index is -1.05. The van der Waals surface area contributed by atoms with Gasteiger partial charge < -0.3 is 0 Å². The number of nitrogens with zero attached hydrogens (tertiary/aromatic N) is 1. The highest BCUT2D eigenvalue weighted by molar-refractivity contribution is 7.84. The van der Waals surface area contributed by atoms with Crippen LogP contribution in [0.1, 0.15) is 117 Å². The van der Waals surface area contributed by atoms with Crippen LogP contribution in [-0.2, 0) is 11.0 Å². The second-order valence-electron chi connectivity index (χ2n) is 12.2. The van der Waals surface area contributed by atoms with Crippen molar-refractivity contribution in [2.75, 3.05) is 7.05 Å². The van der Waals surface area contributed by atoms with Crippen LogP contribution >= 0.6 is 7.92 Å². The van der Waals surface area contributed by atoms with Gasteiger partial charge in [-0.05, 0) is 74.1 Å². The van der Waals surface area contributed by atoms with E-state index in [9.17, 15) is 4.21 Å². The normalized spacial score (nSPS) is 21.8. The van der Waals surface area contributed by atoms with Crippen molar-refractivity contribution < 1.29 is 4.21 Å². The van der Waals surface area contributed by atoms with Gasteiger partial charge in [0.2, 0.25) is 0 Å². The van der Waals surface area contributed by atoms with Gasteiger partial charge in [-0.2, -0.15) is 0 Å². The molecule has 2 saturated carbocycles.